The molecule has 2 N–H and O–H groups in total. The molecule has 0 radical (unpaired) electrons. The number of hydrogen-bond donors (Lipinski definition) is 2. The first-order valence-electron chi connectivity index (χ1n) is 7.94. The van der Waals surface area contributed by atoms with E-state index in [9.17, 15) is 9.59 Å². The van der Waals surface area contributed by atoms with E-state index in [1.165, 1.54) is 0 Å². The average molecular weight is 359 g/mol. The molecule has 0 aliphatic carbocycles. The fourth-order valence-electron chi connectivity index (χ4n) is 2.23. The van der Waals surface area contributed by atoms with Crippen LogP contribution in [0.3, 0.4) is 0 Å². The number of ether oxygens (including phenoxy) is 1. The van der Waals surface area contributed by atoms with Crippen LogP contribution < -0.4 is 10.1 Å². The Labute approximate surface area is 151 Å². The Morgan fingerprint density at radius 2 is 1.92 bits per heavy atom. The molecule has 0 aliphatic rings. The Kier molecular flexibility index (Phi) is 7.35. The van der Waals surface area contributed by atoms with Crippen molar-refractivity contribution >= 4 is 23.6 Å². The molecule has 5 nitrogen and oxygen atoms in total. The van der Waals surface area contributed by atoms with Crippen LogP contribution >= 0.6 is 11.8 Å². The van der Waals surface area contributed by atoms with Crippen LogP contribution in [0.5, 0.6) is 5.75 Å². The zero-order chi connectivity index (χ0) is 18.1. The molecule has 0 fully saturated rings. The van der Waals surface area contributed by atoms with Gasteiger partial charge in [-0.05, 0) is 48.4 Å². The second-order valence-corrected chi connectivity index (χ2v) is 6.55. The first-order chi connectivity index (χ1) is 12.1. The minimum absolute atomic E-state index is 0.00426. The van der Waals surface area contributed by atoms with Gasteiger partial charge in [-0.3, -0.25) is 4.79 Å². The number of carboxylic acids is 1. The predicted octanol–water partition coefficient (Wildman–Crippen LogP) is 3.23. The number of carbonyl (C=O) groups excluding carboxylic acids is 1. The SMILES string of the molecule is COc1ccc(SCCC(=O)NCCc2cccc(C(=O)O)c2)cc1. The molecule has 0 saturated heterocycles. The molecule has 0 aromatic heterocycles. The molecule has 6 heteroatoms. The minimum Gasteiger partial charge on any atom is -0.497 e. The average Bonchev–Trinajstić information content (AvgIpc) is 2.62. The van der Waals surface area contributed by atoms with E-state index >= 15 is 0 Å². The lowest BCUT2D eigenvalue weighted by molar-refractivity contribution is -0.120. The van der Waals surface area contributed by atoms with E-state index < -0.39 is 5.97 Å². The summed E-state index contributed by atoms with van der Waals surface area (Å²) >= 11 is 1.62. The molecule has 2 aromatic carbocycles. The molecule has 1 amide bonds. The third-order valence-corrected chi connectivity index (χ3v) is 4.58. The van der Waals surface area contributed by atoms with Crippen molar-refractivity contribution in [1.29, 1.82) is 0 Å². The maximum Gasteiger partial charge on any atom is 0.335 e. The van der Waals surface area contributed by atoms with E-state index in [2.05, 4.69) is 5.32 Å². The number of amides is 1. The topological polar surface area (TPSA) is 75.6 Å². The van der Waals surface area contributed by atoms with Crippen LogP contribution in [-0.4, -0.2) is 36.4 Å². The van der Waals surface area contributed by atoms with Gasteiger partial charge in [0.2, 0.25) is 5.91 Å². The summed E-state index contributed by atoms with van der Waals surface area (Å²) in [5, 5.41) is 11.8. The van der Waals surface area contributed by atoms with Gasteiger partial charge in [-0.1, -0.05) is 12.1 Å². The summed E-state index contributed by atoms with van der Waals surface area (Å²) < 4.78 is 5.11. The smallest absolute Gasteiger partial charge is 0.335 e. The number of nitrogens with one attached hydrogen (secondary N) is 1. The number of hydrogen-bond acceptors (Lipinski definition) is 4. The van der Waals surface area contributed by atoms with Crippen LogP contribution in [0.2, 0.25) is 0 Å². The number of aromatic carboxylic acids is 1. The van der Waals surface area contributed by atoms with E-state index in [0.717, 1.165) is 16.2 Å². The highest BCUT2D eigenvalue weighted by atomic mass is 32.2. The Balaban J connectivity index is 1.66. The molecule has 0 heterocycles. The normalized spacial score (nSPS) is 10.3. The van der Waals surface area contributed by atoms with E-state index in [0.29, 0.717) is 25.1 Å². The molecule has 0 atom stereocenters. The molecule has 0 saturated carbocycles. The second kappa shape index (κ2) is 9.74. The quantitative estimate of drug-likeness (QED) is 0.672. The zero-order valence-corrected chi connectivity index (χ0v) is 14.8. The Hall–Kier alpha value is -2.47. The molecule has 2 aromatic rings. The van der Waals surface area contributed by atoms with Gasteiger partial charge in [0.05, 0.1) is 12.7 Å². The van der Waals surface area contributed by atoms with Crippen molar-refractivity contribution in [3.8, 4) is 5.75 Å². The van der Waals surface area contributed by atoms with Gasteiger partial charge in [-0.15, -0.1) is 11.8 Å². The van der Waals surface area contributed by atoms with Crippen molar-refractivity contribution in [3.63, 3.8) is 0 Å². The van der Waals surface area contributed by atoms with Crippen LogP contribution in [-0.2, 0) is 11.2 Å². The van der Waals surface area contributed by atoms with Gasteiger partial charge in [0.15, 0.2) is 0 Å². The maximum atomic E-state index is 11.9. The van der Waals surface area contributed by atoms with Crippen LogP contribution in [0.4, 0.5) is 0 Å². The number of carboxylic acid groups (broad SMARTS) is 1. The largest absolute Gasteiger partial charge is 0.497 e. The van der Waals surface area contributed by atoms with Crippen molar-refractivity contribution < 1.29 is 19.4 Å². The van der Waals surface area contributed by atoms with Crippen LogP contribution in [0.1, 0.15) is 22.3 Å². The fourth-order valence-corrected chi connectivity index (χ4v) is 3.08. The number of benzene rings is 2. The highest BCUT2D eigenvalue weighted by Gasteiger charge is 2.05. The maximum absolute atomic E-state index is 11.9. The summed E-state index contributed by atoms with van der Waals surface area (Å²) in [6.45, 7) is 0.495. The lowest BCUT2D eigenvalue weighted by Gasteiger charge is -2.06. The van der Waals surface area contributed by atoms with Crippen molar-refractivity contribution in [2.24, 2.45) is 0 Å². The fraction of sp³-hybridized carbons (Fsp3) is 0.263. The first-order valence-corrected chi connectivity index (χ1v) is 8.93. The molecule has 0 bridgehead atoms. The summed E-state index contributed by atoms with van der Waals surface area (Å²) in [6.07, 6.45) is 1.05. The minimum atomic E-state index is -0.943. The molecular weight excluding hydrogens is 338 g/mol. The summed E-state index contributed by atoms with van der Waals surface area (Å²) in [5.41, 5.74) is 1.16. The molecule has 0 spiro atoms. The Morgan fingerprint density at radius 1 is 1.16 bits per heavy atom. The van der Waals surface area contributed by atoms with E-state index in [1.54, 1.807) is 37.1 Å². The highest BCUT2D eigenvalue weighted by molar-refractivity contribution is 7.99. The summed E-state index contributed by atoms with van der Waals surface area (Å²) in [5.74, 6) is 0.568. The number of thioether (sulfide) groups is 1. The van der Waals surface area contributed by atoms with Crippen LogP contribution in [0.25, 0.3) is 0 Å². The summed E-state index contributed by atoms with van der Waals surface area (Å²) in [7, 11) is 1.63. The van der Waals surface area contributed by atoms with E-state index in [-0.39, 0.29) is 11.5 Å². The zero-order valence-electron chi connectivity index (χ0n) is 14.0. The molecule has 0 aliphatic heterocycles. The highest BCUT2D eigenvalue weighted by Crippen LogP contribution is 2.21. The number of carbonyl (C=O) groups is 2. The van der Waals surface area contributed by atoms with Gasteiger partial charge in [0.1, 0.15) is 5.75 Å². The van der Waals surface area contributed by atoms with Crippen molar-refractivity contribution in [2.75, 3.05) is 19.4 Å². The van der Waals surface area contributed by atoms with Crippen molar-refractivity contribution in [2.45, 2.75) is 17.7 Å². The van der Waals surface area contributed by atoms with Crippen molar-refractivity contribution in [1.82, 2.24) is 5.32 Å². The van der Waals surface area contributed by atoms with Gasteiger partial charge in [-0.2, -0.15) is 0 Å². The Bertz CT molecular complexity index is 716. The first kappa shape index (κ1) is 18.9. The van der Waals surface area contributed by atoms with Gasteiger partial charge < -0.3 is 15.2 Å². The molecular formula is C19H21NO4S. The van der Waals surface area contributed by atoms with E-state index in [1.807, 2.05) is 30.3 Å². The third kappa shape index (κ3) is 6.51. The second-order valence-electron chi connectivity index (χ2n) is 5.38. The number of rotatable bonds is 9. The Morgan fingerprint density at radius 3 is 2.60 bits per heavy atom. The molecule has 2 rings (SSSR count). The predicted molar refractivity (Wildman–Crippen MR) is 98.5 cm³/mol. The van der Waals surface area contributed by atoms with Gasteiger partial charge in [0, 0.05) is 23.6 Å². The van der Waals surface area contributed by atoms with Crippen LogP contribution in [0.15, 0.2) is 53.4 Å². The number of methoxy groups -OCH3 is 1. The molecule has 25 heavy (non-hydrogen) atoms. The van der Waals surface area contributed by atoms with Crippen LogP contribution in [0, 0.1) is 0 Å². The third-order valence-electron chi connectivity index (χ3n) is 3.57. The standard InChI is InChI=1S/C19H21NO4S/c1-24-16-5-7-17(8-6-16)25-12-10-18(21)20-11-9-14-3-2-4-15(13-14)19(22)23/h2-8,13H,9-12H2,1H3,(H,20,21)(H,22,23). The summed E-state index contributed by atoms with van der Waals surface area (Å²) in [4.78, 5) is 23.9. The van der Waals surface area contributed by atoms with Gasteiger partial charge >= 0.3 is 5.97 Å². The van der Waals surface area contributed by atoms with Gasteiger partial charge in [-0.25, -0.2) is 4.79 Å². The lowest BCUT2D eigenvalue weighted by atomic mass is 10.1. The van der Waals surface area contributed by atoms with Crippen molar-refractivity contribution in [3.05, 3.63) is 59.7 Å². The summed E-state index contributed by atoms with van der Waals surface area (Å²) in [6, 6.07) is 14.5. The lowest BCUT2D eigenvalue weighted by Crippen LogP contribution is -2.25. The molecule has 0 unspecified atom stereocenters. The van der Waals surface area contributed by atoms with Gasteiger partial charge in [0.25, 0.3) is 0 Å². The monoisotopic (exact) mass is 359 g/mol. The molecule has 132 valence electrons. The van der Waals surface area contributed by atoms with E-state index in [4.69, 9.17) is 9.84 Å².